The standard InChI is InChI=1S/C36H48N8O7S3/c1-27-12-14-29(15-13-27)54(50,51)41-36(37)39-17-8-11-30(33(46)34-38-18-24-52-34)40-32(45)25-43-22-23-44(53(48,49)26-28-9-4-2-5-10-28)31(35(43)47)16-21-42-19-6-3-7-20-42/h2,4-5,9-10,12-15,18,24,30-31H,3,6-8,11,16-17,19-23,25-26H2,1H3,(H,40,45)(H3,37,39,41). The number of thiazole rings is 1. The first-order valence-electron chi connectivity index (χ1n) is 18.0. The number of piperidine rings is 1. The summed E-state index contributed by atoms with van der Waals surface area (Å²) in [6, 6.07) is 13.1. The van der Waals surface area contributed by atoms with Crippen LogP contribution in [0.2, 0.25) is 0 Å². The number of likely N-dealkylation sites (tertiary alicyclic amines) is 1. The number of hydrogen-bond donors (Lipinski definition) is 3. The fraction of sp³-hybridized carbons (Fsp3) is 0.472. The summed E-state index contributed by atoms with van der Waals surface area (Å²) >= 11 is 1.12. The number of aliphatic imine (C=N–C) groups is 1. The lowest BCUT2D eigenvalue weighted by Gasteiger charge is -2.40. The number of sulfonamides is 2. The van der Waals surface area contributed by atoms with Gasteiger partial charge >= 0.3 is 0 Å². The van der Waals surface area contributed by atoms with Gasteiger partial charge in [0.05, 0.1) is 23.2 Å². The summed E-state index contributed by atoms with van der Waals surface area (Å²) < 4.78 is 56.3. The van der Waals surface area contributed by atoms with Gasteiger partial charge in [-0.2, -0.15) is 4.31 Å². The largest absolute Gasteiger partial charge is 0.369 e. The van der Waals surface area contributed by atoms with Crippen LogP contribution in [-0.2, 0) is 35.4 Å². The van der Waals surface area contributed by atoms with E-state index >= 15 is 0 Å². The van der Waals surface area contributed by atoms with E-state index in [0.29, 0.717) is 18.5 Å². The summed E-state index contributed by atoms with van der Waals surface area (Å²) in [7, 11) is -7.81. The number of hydrogen-bond acceptors (Lipinski definition) is 11. The van der Waals surface area contributed by atoms with Crippen LogP contribution < -0.4 is 15.8 Å². The van der Waals surface area contributed by atoms with Crippen molar-refractivity contribution in [3.8, 4) is 0 Å². The minimum Gasteiger partial charge on any atom is -0.369 e. The molecule has 18 heteroatoms. The first kappa shape index (κ1) is 40.9. The normalized spacial score (nSPS) is 18.3. The lowest BCUT2D eigenvalue weighted by Crippen LogP contribution is -2.61. The van der Waals surface area contributed by atoms with Crippen molar-refractivity contribution in [2.24, 2.45) is 10.7 Å². The molecule has 0 bridgehead atoms. The van der Waals surface area contributed by atoms with E-state index in [2.05, 4.69) is 24.9 Å². The highest BCUT2D eigenvalue weighted by atomic mass is 32.2. The van der Waals surface area contributed by atoms with Crippen LogP contribution in [-0.4, -0.2) is 117 Å². The molecule has 292 valence electrons. The van der Waals surface area contributed by atoms with Gasteiger partial charge in [0.25, 0.3) is 10.0 Å². The molecule has 3 heterocycles. The average Bonchev–Trinajstić information content (AvgIpc) is 3.69. The second-order valence-corrected chi connectivity index (χ2v) is 18.0. The van der Waals surface area contributed by atoms with Gasteiger partial charge in [0.1, 0.15) is 6.04 Å². The third-order valence-corrected chi connectivity index (χ3v) is 13.4. The number of aryl methyl sites for hydroxylation is 1. The molecule has 0 radical (unpaired) electrons. The van der Waals surface area contributed by atoms with Crippen molar-refractivity contribution in [1.82, 2.24) is 29.1 Å². The maximum absolute atomic E-state index is 14.0. The monoisotopic (exact) mass is 800 g/mol. The molecule has 54 heavy (non-hydrogen) atoms. The zero-order chi connectivity index (χ0) is 38.7. The molecule has 2 saturated heterocycles. The predicted molar refractivity (Wildman–Crippen MR) is 207 cm³/mol. The first-order chi connectivity index (χ1) is 25.8. The SMILES string of the molecule is Cc1ccc(S(=O)(=O)NC(N)=NCCCC(NC(=O)CN2CCN(S(=O)(=O)Cc3ccccc3)C(CCN3CCCCC3)C2=O)C(=O)c2nccs2)cc1. The van der Waals surface area contributed by atoms with Crippen LogP contribution in [0.4, 0.5) is 0 Å². The summed E-state index contributed by atoms with van der Waals surface area (Å²) in [4.78, 5) is 52.7. The number of nitrogens with two attached hydrogens (primary N) is 1. The van der Waals surface area contributed by atoms with Gasteiger partial charge in [0.2, 0.25) is 33.6 Å². The van der Waals surface area contributed by atoms with Gasteiger partial charge in [-0.25, -0.2) is 26.5 Å². The zero-order valence-corrected chi connectivity index (χ0v) is 32.8. The van der Waals surface area contributed by atoms with Crippen LogP contribution in [0.25, 0.3) is 0 Å². The molecule has 2 aromatic carbocycles. The summed E-state index contributed by atoms with van der Waals surface area (Å²) in [5.74, 6) is -2.01. The molecule has 0 spiro atoms. The van der Waals surface area contributed by atoms with Gasteiger partial charge in [-0.1, -0.05) is 54.4 Å². The molecule has 2 unspecified atom stereocenters. The number of rotatable bonds is 17. The number of Topliss-reactive ketones (excluding diaryl/α,β-unsaturated/α-hetero) is 1. The van der Waals surface area contributed by atoms with Crippen molar-refractivity contribution in [3.63, 3.8) is 0 Å². The van der Waals surface area contributed by atoms with Gasteiger partial charge in [-0.3, -0.25) is 19.4 Å². The van der Waals surface area contributed by atoms with Gasteiger partial charge in [-0.15, -0.1) is 11.3 Å². The van der Waals surface area contributed by atoms with Crippen molar-refractivity contribution < 1.29 is 31.2 Å². The fourth-order valence-electron chi connectivity index (χ4n) is 6.55. The second kappa shape index (κ2) is 18.9. The molecule has 2 aliphatic rings. The highest BCUT2D eigenvalue weighted by Gasteiger charge is 2.41. The molecule has 4 N–H and O–H groups in total. The van der Waals surface area contributed by atoms with Gasteiger partial charge < -0.3 is 20.9 Å². The minimum absolute atomic E-state index is 0.0120. The highest BCUT2D eigenvalue weighted by molar-refractivity contribution is 7.90. The Morgan fingerprint density at radius 2 is 1.72 bits per heavy atom. The molecule has 0 saturated carbocycles. The van der Waals surface area contributed by atoms with Crippen molar-refractivity contribution in [2.45, 2.75) is 68.2 Å². The van der Waals surface area contributed by atoms with Crippen LogP contribution >= 0.6 is 11.3 Å². The summed E-state index contributed by atoms with van der Waals surface area (Å²) in [5, 5.41) is 4.59. The van der Waals surface area contributed by atoms with E-state index in [9.17, 15) is 31.2 Å². The predicted octanol–water partition coefficient (Wildman–Crippen LogP) is 2.11. The Morgan fingerprint density at radius 1 is 1.00 bits per heavy atom. The molecule has 15 nitrogen and oxygen atoms in total. The molecular formula is C36H48N8O7S3. The number of nitrogens with zero attached hydrogens (tertiary/aromatic N) is 5. The number of aromatic nitrogens is 1. The lowest BCUT2D eigenvalue weighted by molar-refractivity contribution is -0.142. The number of piperazine rings is 1. The topological polar surface area (TPSA) is 205 Å². The fourth-order valence-corrected chi connectivity index (χ4v) is 9.86. The first-order valence-corrected chi connectivity index (χ1v) is 22.0. The summed E-state index contributed by atoms with van der Waals surface area (Å²) in [5.41, 5.74) is 7.38. The molecule has 2 aliphatic heterocycles. The van der Waals surface area contributed by atoms with E-state index < -0.39 is 49.7 Å². The number of nitrogens with one attached hydrogen (secondary N) is 2. The molecule has 5 rings (SSSR count). The molecule has 3 aromatic rings. The van der Waals surface area contributed by atoms with Crippen molar-refractivity contribution in [2.75, 3.05) is 45.8 Å². The molecule has 2 atom stereocenters. The number of carbonyl (C=O) groups excluding carboxylic acids is 3. The Hall–Kier alpha value is -4.23. The number of benzene rings is 2. The Morgan fingerprint density at radius 3 is 2.41 bits per heavy atom. The van der Waals surface area contributed by atoms with Crippen LogP contribution in [0.1, 0.15) is 59.5 Å². The highest BCUT2D eigenvalue weighted by Crippen LogP contribution is 2.23. The summed E-state index contributed by atoms with van der Waals surface area (Å²) in [6.07, 6.45) is 5.40. The van der Waals surface area contributed by atoms with Gasteiger partial charge in [0.15, 0.2) is 5.01 Å². The Kier molecular flexibility index (Phi) is 14.3. The maximum Gasteiger partial charge on any atom is 0.264 e. The number of ketones is 1. The molecule has 2 fully saturated rings. The average molecular weight is 801 g/mol. The Balaban J connectivity index is 1.22. The number of amides is 2. The van der Waals surface area contributed by atoms with E-state index in [1.165, 1.54) is 27.5 Å². The minimum atomic E-state index is -3.94. The van der Waals surface area contributed by atoms with Crippen LogP contribution in [0, 0.1) is 6.92 Å². The summed E-state index contributed by atoms with van der Waals surface area (Å²) in [6.45, 7) is 3.91. The second-order valence-electron chi connectivity index (χ2n) is 13.5. The Bertz CT molecular complexity index is 1970. The van der Waals surface area contributed by atoms with E-state index in [4.69, 9.17) is 5.73 Å². The molecular weight excluding hydrogens is 753 g/mol. The van der Waals surface area contributed by atoms with Crippen molar-refractivity contribution in [1.29, 1.82) is 0 Å². The molecule has 0 aliphatic carbocycles. The van der Waals surface area contributed by atoms with Gasteiger partial charge in [-0.05, 0) is 69.8 Å². The van der Waals surface area contributed by atoms with E-state index in [0.717, 1.165) is 49.3 Å². The van der Waals surface area contributed by atoms with Crippen molar-refractivity contribution >= 4 is 54.9 Å². The van der Waals surface area contributed by atoms with Crippen LogP contribution in [0.15, 0.2) is 76.1 Å². The number of carbonyl (C=O) groups is 3. The van der Waals surface area contributed by atoms with E-state index in [-0.39, 0.29) is 60.6 Å². The Labute approximate surface area is 321 Å². The number of guanidine groups is 1. The third kappa shape index (κ3) is 11.4. The molecule has 2 amide bonds. The van der Waals surface area contributed by atoms with Gasteiger partial charge in [0, 0.05) is 37.8 Å². The maximum atomic E-state index is 14.0. The smallest absolute Gasteiger partial charge is 0.264 e. The lowest BCUT2D eigenvalue weighted by atomic mass is 10.1. The zero-order valence-electron chi connectivity index (χ0n) is 30.3. The quantitative estimate of drug-likeness (QED) is 0.0785. The van der Waals surface area contributed by atoms with Crippen LogP contribution in [0.5, 0.6) is 0 Å². The van der Waals surface area contributed by atoms with Crippen LogP contribution in [0.3, 0.4) is 0 Å². The van der Waals surface area contributed by atoms with E-state index in [1.54, 1.807) is 41.8 Å². The van der Waals surface area contributed by atoms with E-state index in [1.807, 2.05) is 13.0 Å². The molecule has 1 aromatic heterocycles. The van der Waals surface area contributed by atoms with Crippen molar-refractivity contribution in [3.05, 3.63) is 82.3 Å². The third-order valence-electron chi connectivity index (χ3n) is 9.38.